The second-order valence-corrected chi connectivity index (χ2v) is 5.01. The maximum absolute atomic E-state index is 13.6. The van der Waals surface area contributed by atoms with Crippen molar-refractivity contribution < 1.29 is 13.9 Å². The first-order valence-corrected chi connectivity index (χ1v) is 6.83. The monoisotopic (exact) mass is 323 g/mol. The maximum atomic E-state index is 13.6. The number of ether oxygens (including phenoxy) is 1. The van der Waals surface area contributed by atoms with Crippen LogP contribution >= 0.6 is 11.6 Å². The number of methoxy groups -OCH3 is 1. The van der Waals surface area contributed by atoms with E-state index in [0.717, 1.165) is 0 Å². The summed E-state index contributed by atoms with van der Waals surface area (Å²) in [6, 6.07) is 7.46. The standard InChI is InChI=1S/C15H15ClFN3O2/c1-20(9-10-3-5-13(22-2)12(17)7-10)15(21)19-11-4-6-14(16)18-8-11/h3-8H,9H2,1-2H3,(H,19,21). The molecule has 0 spiro atoms. The van der Waals surface area contributed by atoms with Crippen LogP contribution in [0.5, 0.6) is 5.75 Å². The Morgan fingerprint density at radius 3 is 2.77 bits per heavy atom. The number of pyridine rings is 1. The van der Waals surface area contributed by atoms with Gasteiger partial charge in [-0.15, -0.1) is 0 Å². The summed E-state index contributed by atoms with van der Waals surface area (Å²) < 4.78 is 18.5. The van der Waals surface area contributed by atoms with E-state index in [1.165, 1.54) is 30.3 Å². The van der Waals surface area contributed by atoms with Gasteiger partial charge in [-0.05, 0) is 29.8 Å². The van der Waals surface area contributed by atoms with E-state index >= 15 is 0 Å². The summed E-state index contributed by atoms with van der Waals surface area (Å²) in [6.45, 7) is 0.258. The molecule has 0 aliphatic heterocycles. The zero-order valence-corrected chi connectivity index (χ0v) is 12.9. The van der Waals surface area contributed by atoms with E-state index in [-0.39, 0.29) is 18.3 Å². The third-order valence-corrected chi connectivity index (χ3v) is 3.18. The molecule has 1 aromatic heterocycles. The van der Waals surface area contributed by atoms with Crippen LogP contribution in [0.25, 0.3) is 0 Å². The Bertz CT molecular complexity index is 664. The van der Waals surface area contributed by atoms with E-state index < -0.39 is 5.82 Å². The number of aromatic nitrogens is 1. The van der Waals surface area contributed by atoms with Crippen LogP contribution in [-0.2, 0) is 6.54 Å². The lowest BCUT2D eigenvalue weighted by atomic mass is 10.2. The van der Waals surface area contributed by atoms with Crippen molar-refractivity contribution in [3.05, 3.63) is 53.1 Å². The lowest BCUT2D eigenvalue weighted by molar-refractivity contribution is 0.220. The summed E-state index contributed by atoms with van der Waals surface area (Å²) in [6.07, 6.45) is 1.46. The van der Waals surface area contributed by atoms with Crippen molar-refractivity contribution in [2.45, 2.75) is 6.54 Å². The molecule has 0 aliphatic carbocycles. The first kappa shape index (κ1) is 16.0. The van der Waals surface area contributed by atoms with Gasteiger partial charge in [0.05, 0.1) is 19.0 Å². The fraction of sp³-hybridized carbons (Fsp3) is 0.200. The number of carbonyl (C=O) groups excluding carboxylic acids is 1. The van der Waals surface area contributed by atoms with Gasteiger partial charge < -0.3 is 15.0 Å². The fourth-order valence-electron chi connectivity index (χ4n) is 1.82. The summed E-state index contributed by atoms with van der Waals surface area (Å²) >= 11 is 5.68. The maximum Gasteiger partial charge on any atom is 0.321 e. The highest BCUT2D eigenvalue weighted by atomic mass is 35.5. The molecule has 2 amide bonds. The molecule has 0 fully saturated rings. The molecule has 1 N–H and O–H groups in total. The summed E-state index contributed by atoms with van der Waals surface area (Å²) in [5.74, 6) is -0.293. The lowest BCUT2D eigenvalue weighted by Crippen LogP contribution is -2.30. The van der Waals surface area contributed by atoms with Crippen LogP contribution < -0.4 is 10.1 Å². The van der Waals surface area contributed by atoms with Crippen LogP contribution in [0.3, 0.4) is 0 Å². The molecule has 1 aromatic carbocycles. The second-order valence-electron chi connectivity index (χ2n) is 4.62. The third-order valence-electron chi connectivity index (χ3n) is 2.96. The van der Waals surface area contributed by atoms with Crippen LogP contribution in [0, 0.1) is 5.82 Å². The average molecular weight is 324 g/mol. The highest BCUT2D eigenvalue weighted by Crippen LogP contribution is 2.18. The molecule has 0 atom stereocenters. The van der Waals surface area contributed by atoms with Gasteiger partial charge in [-0.3, -0.25) is 0 Å². The van der Waals surface area contributed by atoms with Gasteiger partial charge in [0, 0.05) is 13.6 Å². The van der Waals surface area contributed by atoms with Crippen molar-refractivity contribution >= 4 is 23.3 Å². The summed E-state index contributed by atoms with van der Waals surface area (Å²) in [4.78, 5) is 17.3. The second kappa shape index (κ2) is 7.09. The lowest BCUT2D eigenvalue weighted by Gasteiger charge is -2.18. The third kappa shape index (κ3) is 4.08. The van der Waals surface area contributed by atoms with Crippen LogP contribution in [0.1, 0.15) is 5.56 Å². The Hall–Kier alpha value is -2.34. The summed E-state index contributed by atoms with van der Waals surface area (Å²) in [5, 5.41) is 3.02. The Kier molecular flexibility index (Phi) is 5.16. The van der Waals surface area contributed by atoms with Crippen LogP contribution in [0.2, 0.25) is 5.15 Å². The minimum Gasteiger partial charge on any atom is -0.494 e. The van der Waals surface area contributed by atoms with E-state index in [9.17, 15) is 9.18 Å². The Labute approximate surface area is 132 Å². The highest BCUT2D eigenvalue weighted by Gasteiger charge is 2.11. The van der Waals surface area contributed by atoms with E-state index in [4.69, 9.17) is 16.3 Å². The Morgan fingerprint density at radius 2 is 2.18 bits per heavy atom. The number of nitrogens with zero attached hydrogens (tertiary/aromatic N) is 2. The number of anilines is 1. The number of urea groups is 1. The molecule has 22 heavy (non-hydrogen) atoms. The molecule has 0 saturated carbocycles. The predicted molar refractivity (Wildman–Crippen MR) is 82.7 cm³/mol. The first-order chi connectivity index (χ1) is 10.5. The molecule has 116 valence electrons. The van der Waals surface area contributed by atoms with Crippen molar-refractivity contribution in [1.29, 1.82) is 0 Å². The van der Waals surface area contributed by atoms with E-state index in [0.29, 0.717) is 16.4 Å². The fourth-order valence-corrected chi connectivity index (χ4v) is 1.93. The molecule has 2 aromatic rings. The smallest absolute Gasteiger partial charge is 0.321 e. The van der Waals surface area contributed by atoms with Gasteiger partial charge >= 0.3 is 6.03 Å². The quantitative estimate of drug-likeness (QED) is 0.875. The highest BCUT2D eigenvalue weighted by molar-refractivity contribution is 6.29. The van der Waals surface area contributed by atoms with Crippen LogP contribution in [0.15, 0.2) is 36.5 Å². The van der Waals surface area contributed by atoms with Gasteiger partial charge in [0.2, 0.25) is 0 Å². The van der Waals surface area contributed by atoms with Gasteiger partial charge in [0.1, 0.15) is 5.15 Å². The first-order valence-electron chi connectivity index (χ1n) is 6.45. The average Bonchev–Trinajstić information content (AvgIpc) is 2.49. The minimum atomic E-state index is -0.462. The number of hydrogen-bond acceptors (Lipinski definition) is 3. The number of halogens is 2. The summed E-state index contributed by atoms with van der Waals surface area (Å²) in [5.41, 5.74) is 1.19. The van der Waals surface area contributed by atoms with Gasteiger partial charge in [-0.1, -0.05) is 17.7 Å². The van der Waals surface area contributed by atoms with Crippen molar-refractivity contribution in [2.24, 2.45) is 0 Å². The zero-order valence-electron chi connectivity index (χ0n) is 12.1. The number of rotatable bonds is 4. The van der Waals surface area contributed by atoms with Crippen LogP contribution in [0.4, 0.5) is 14.9 Å². The summed E-state index contributed by atoms with van der Waals surface area (Å²) in [7, 11) is 3.01. The predicted octanol–water partition coefficient (Wildman–Crippen LogP) is 3.55. The van der Waals surface area contributed by atoms with Crippen LogP contribution in [-0.4, -0.2) is 30.1 Å². The Balaban J connectivity index is 1.99. The van der Waals surface area contributed by atoms with Crippen molar-refractivity contribution in [1.82, 2.24) is 9.88 Å². The molecule has 0 aliphatic rings. The molecule has 0 unspecified atom stereocenters. The van der Waals surface area contributed by atoms with Gasteiger partial charge in [0.15, 0.2) is 11.6 Å². The Morgan fingerprint density at radius 1 is 1.41 bits per heavy atom. The minimum absolute atomic E-state index is 0.170. The molecule has 1 heterocycles. The van der Waals surface area contributed by atoms with E-state index in [1.54, 1.807) is 25.2 Å². The number of nitrogens with one attached hydrogen (secondary N) is 1. The normalized spacial score (nSPS) is 10.2. The van der Waals surface area contributed by atoms with E-state index in [1.807, 2.05) is 0 Å². The molecular formula is C15H15ClFN3O2. The topological polar surface area (TPSA) is 54.5 Å². The van der Waals surface area contributed by atoms with Gasteiger partial charge in [-0.2, -0.15) is 0 Å². The number of carbonyl (C=O) groups is 1. The molecule has 0 radical (unpaired) electrons. The number of amides is 2. The van der Waals surface area contributed by atoms with E-state index in [2.05, 4.69) is 10.3 Å². The van der Waals surface area contributed by atoms with Crippen molar-refractivity contribution in [2.75, 3.05) is 19.5 Å². The molecule has 0 bridgehead atoms. The molecule has 7 heteroatoms. The van der Waals surface area contributed by atoms with Crippen molar-refractivity contribution in [3.8, 4) is 5.75 Å². The van der Waals surface area contributed by atoms with Crippen molar-refractivity contribution in [3.63, 3.8) is 0 Å². The number of benzene rings is 1. The number of hydrogen-bond donors (Lipinski definition) is 1. The molecule has 5 nitrogen and oxygen atoms in total. The zero-order chi connectivity index (χ0) is 16.1. The van der Waals surface area contributed by atoms with Gasteiger partial charge in [0.25, 0.3) is 0 Å². The molecule has 2 rings (SSSR count). The largest absolute Gasteiger partial charge is 0.494 e. The SMILES string of the molecule is COc1ccc(CN(C)C(=O)Nc2ccc(Cl)nc2)cc1F. The molecular weight excluding hydrogens is 309 g/mol. The van der Waals surface area contributed by atoms with Gasteiger partial charge in [-0.25, -0.2) is 14.2 Å². The molecule has 0 saturated heterocycles.